The van der Waals surface area contributed by atoms with E-state index in [2.05, 4.69) is 9.47 Å². The standard InChI is InChI=1S/C18H18FNO7S/c1-25-16-8-7-14(10-15(16)19)28(23,24)20(11-17(21)26-2)13-6-4-5-12(9-13)18(22)27-3/h4-10H,11H2,1-3H3. The number of rotatable bonds is 7. The highest BCUT2D eigenvalue weighted by Crippen LogP contribution is 2.27. The lowest BCUT2D eigenvalue weighted by molar-refractivity contribution is -0.138. The topological polar surface area (TPSA) is 99.2 Å². The lowest BCUT2D eigenvalue weighted by Crippen LogP contribution is -2.36. The fourth-order valence-electron chi connectivity index (χ4n) is 2.34. The van der Waals surface area contributed by atoms with Gasteiger partial charge in [0.25, 0.3) is 10.0 Å². The van der Waals surface area contributed by atoms with Gasteiger partial charge in [0.05, 0.1) is 37.5 Å². The van der Waals surface area contributed by atoms with E-state index in [-0.39, 0.29) is 17.0 Å². The molecule has 0 amide bonds. The number of carbonyl (C=O) groups excluding carboxylic acids is 2. The molecule has 10 heteroatoms. The van der Waals surface area contributed by atoms with E-state index in [0.717, 1.165) is 25.3 Å². The van der Waals surface area contributed by atoms with Gasteiger partial charge in [0.1, 0.15) is 6.54 Å². The summed E-state index contributed by atoms with van der Waals surface area (Å²) in [4.78, 5) is 23.2. The fourth-order valence-corrected chi connectivity index (χ4v) is 3.75. The summed E-state index contributed by atoms with van der Waals surface area (Å²) >= 11 is 0. The molecule has 0 N–H and O–H groups in total. The van der Waals surface area contributed by atoms with Gasteiger partial charge < -0.3 is 14.2 Å². The van der Waals surface area contributed by atoms with Crippen LogP contribution in [0.3, 0.4) is 0 Å². The summed E-state index contributed by atoms with van der Waals surface area (Å²) < 4.78 is 54.9. The summed E-state index contributed by atoms with van der Waals surface area (Å²) in [5, 5.41) is 0. The molecule has 0 aromatic heterocycles. The monoisotopic (exact) mass is 411 g/mol. The van der Waals surface area contributed by atoms with Gasteiger partial charge in [0.15, 0.2) is 11.6 Å². The largest absolute Gasteiger partial charge is 0.494 e. The van der Waals surface area contributed by atoms with Crippen LogP contribution in [0, 0.1) is 5.82 Å². The summed E-state index contributed by atoms with van der Waals surface area (Å²) in [7, 11) is -0.846. The first-order chi connectivity index (χ1) is 13.2. The molecule has 0 fully saturated rings. The van der Waals surface area contributed by atoms with Crippen LogP contribution in [0.2, 0.25) is 0 Å². The zero-order valence-electron chi connectivity index (χ0n) is 15.3. The summed E-state index contributed by atoms with van der Waals surface area (Å²) in [6, 6.07) is 8.55. The van der Waals surface area contributed by atoms with Crippen molar-refractivity contribution in [3.05, 3.63) is 53.8 Å². The summed E-state index contributed by atoms with van der Waals surface area (Å²) in [6.45, 7) is -0.683. The van der Waals surface area contributed by atoms with Gasteiger partial charge in [-0.2, -0.15) is 0 Å². The van der Waals surface area contributed by atoms with Gasteiger partial charge in [0.2, 0.25) is 0 Å². The minimum absolute atomic E-state index is 0.00419. The normalized spacial score (nSPS) is 10.9. The Morgan fingerprint density at radius 1 is 1.04 bits per heavy atom. The number of carbonyl (C=O) groups is 2. The van der Waals surface area contributed by atoms with Gasteiger partial charge in [-0.3, -0.25) is 9.10 Å². The molecule has 2 aromatic rings. The van der Waals surface area contributed by atoms with Crippen LogP contribution in [0.4, 0.5) is 10.1 Å². The van der Waals surface area contributed by atoms with Crippen LogP contribution in [0.1, 0.15) is 10.4 Å². The van der Waals surface area contributed by atoms with Crippen LogP contribution in [0.25, 0.3) is 0 Å². The number of halogens is 1. The molecule has 0 spiro atoms. The Bertz CT molecular complexity index is 991. The van der Waals surface area contributed by atoms with Gasteiger partial charge in [-0.05, 0) is 36.4 Å². The van der Waals surface area contributed by atoms with Crippen LogP contribution in [-0.2, 0) is 24.3 Å². The van der Waals surface area contributed by atoms with Crippen molar-refractivity contribution in [3.63, 3.8) is 0 Å². The van der Waals surface area contributed by atoms with Gasteiger partial charge in [-0.1, -0.05) is 6.07 Å². The number of hydrogen-bond acceptors (Lipinski definition) is 7. The first-order valence-corrected chi connectivity index (χ1v) is 9.30. The second-order valence-electron chi connectivity index (χ2n) is 5.43. The molecule has 0 aliphatic heterocycles. The minimum atomic E-state index is -4.37. The molecular formula is C18H18FNO7S. The van der Waals surface area contributed by atoms with Crippen molar-refractivity contribution in [1.29, 1.82) is 0 Å². The minimum Gasteiger partial charge on any atom is -0.494 e. The average molecular weight is 411 g/mol. The molecule has 0 atom stereocenters. The van der Waals surface area contributed by atoms with E-state index in [1.54, 1.807) is 0 Å². The first-order valence-electron chi connectivity index (χ1n) is 7.86. The molecule has 0 saturated carbocycles. The van der Waals surface area contributed by atoms with E-state index in [9.17, 15) is 22.4 Å². The Hall–Kier alpha value is -3.14. The second-order valence-corrected chi connectivity index (χ2v) is 7.29. The fraction of sp³-hybridized carbons (Fsp3) is 0.222. The number of benzene rings is 2. The van der Waals surface area contributed by atoms with Gasteiger partial charge in [-0.15, -0.1) is 0 Å². The molecule has 0 aliphatic carbocycles. The number of anilines is 1. The molecule has 28 heavy (non-hydrogen) atoms. The quantitative estimate of drug-likeness (QED) is 0.643. The number of methoxy groups -OCH3 is 3. The summed E-state index contributed by atoms with van der Waals surface area (Å²) in [6.07, 6.45) is 0. The van der Waals surface area contributed by atoms with Crippen molar-refractivity contribution in [1.82, 2.24) is 0 Å². The zero-order chi connectivity index (χ0) is 20.9. The van der Waals surface area contributed by atoms with Crippen LogP contribution in [0.5, 0.6) is 5.75 Å². The average Bonchev–Trinajstić information content (AvgIpc) is 2.70. The summed E-state index contributed by atoms with van der Waals surface area (Å²) in [5.41, 5.74) is 0.0792. The van der Waals surface area contributed by atoms with E-state index >= 15 is 0 Å². The first kappa shape index (κ1) is 21.2. The Labute approximate surface area is 161 Å². The third-order valence-corrected chi connectivity index (χ3v) is 5.54. The van der Waals surface area contributed by atoms with Crippen LogP contribution in [-0.4, -0.2) is 48.2 Å². The Morgan fingerprint density at radius 3 is 2.32 bits per heavy atom. The summed E-state index contributed by atoms with van der Waals surface area (Å²) in [5.74, 6) is -2.55. The molecule has 0 saturated heterocycles. The lowest BCUT2D eigenvalue weighted by atomic mass is 10.2. The highest BCUT2D eigenvalue weighted by Gasteiger charge is 2.29. The molecule has 2 aromatic carbocycles. The number of esters is 2. The molecule has 0 aliphatic rings. The lowest BCUT2D eigenvalue weighted by Gasteiger charge is -2.24. The van der Waals surface area contributed by atoms with E-state index < -0.39 is 39.2 Å². The maximum absolute atomic E-state index is 14.0. The molecule has 8 nitrogen and oxygen atoms in total. The molecule has 0 bridgehead atoms. The van der Waals surface area contributed by atoms with E-state index in [0.29, 0.717) is 4.31 Å². The van der Waals surface area contributed by atoms with Gasteiger partial charge >= 0.3 is 11.9 Å². The molecule has 0 unspecified atom stereocenters. The SMILES string of the molecule is COC(=O)CN(c1cccc(C(=O)OC)c1)S(=O)(=O)c1ccc(OC)c(F)c1. The third kappa shape index (κ3) is 4.39. The van der Waals surface area contributed by atoms with Crippen LogP contribution < -0.4 is 9.04 Å². The van der Waals surface area contributed by atoms with Crippen molar-refractivity contribution >= 4 is 27.6 Å². The smallest absolute Gasteiger partial charge is 0.337 e. The van der Waals surface area contributed by atoms with Gasteiger partial charge in [-0.25, -0.2) is 17.6 Å². The number of sulfonamides is 1. The predicted molar refractivity (Wildman–Crippen MR) is 97.3 cm³/mol. The third-order valence-electron chi connectivity index (χ3n) is 3.77. The molecule has 0 heterocycles. The van der Waals surface area contributed by atoms with Crippen molar-refractivity contribution in [2.75, 3.05) is 32.2 Å². The van der Waals surface area contributed by atoms with Crippen LogP contribution in [0.15, 0.2) is 47.4 Å². The Morgan fingerprint density at radius 2 is 1.75 bits per heavy atom. The Balaban J connectivity index is 2.58. The number of nitrogens with zero attached hydrogens (tertiary/aromatic N) is 1. The highest BCUT2D eigenvalue weighted by atomic mass is 32.2. The highest BCUT2D eigenvalue weighted by molar-refractivity contribution is 7.92. The number of hydrogen-bond donors (Lipinski definition) is 0. The molecular weight excluding hydrogens is 393 g/mol. The maximum atomic E-state index is 14.0. The van der Waals surface area contributed by atoms with E-state index in [4.69, 9.17) is 4.74 Å². The van der Waals surface area contributed by atoms with E-state index in [1.165, 1.54) is 38.5 Å². The predicted octanol–water partition coefficient (Wildman–Crippen LogP) is 1.99. The maximum Gasteiger partial charge on any atom is 0.337 e. The molecule has 0 radical (unpaired) electrons. The second kappa shape index (κ2) is 8.70. The number of ether oxygens (including phenoxy) is 3. The van der Waals surface area contributed by atoms with E-state index in [1.807, 2.05) is 0 Å². The van der Waals surface area contributed by atoms with Gasteiger partial charge in [0, 0.05) is 0 Å². The van der Waals surface area contributed by atoms with Crippen LogP contribution >= 0.6 is 0 Å². The zero-order valence-corrected chi connectivity index (χ0v) is 16.2. The molecule has 150 valence electrons. The molecule has 2 rings (SSSR count). The van der Waals surface area contributed by atoms with Crippen molar-refractivity contribution in [2.24, 2.45) is 0 Å². The Kier molecular flexibility index (Phi) is 6.57. The van der Waals surface area contributed by atoms with Crippen molar-refractivity contribution < 1.29 is 36.6 Å². The van der Waals surface area contributed by atoms with Crippen molar-refractivity contribution in [3.8, 4) is 5.75 Å². The van der Waals surface area contributed by atoms with Crippen molar-refractivity contribution in [2.45, 2.75) is 4.90 Å².